The van der Waals surface area contributed by atoms with Crippen molar-refractivity contribution in [2.45, 2.75) is 29.4 Å². The molecule has 26 heavy (non-hydrogen) atoms. The minimum atomic E-state index is -0.127. The summed E-state index contributed by atoms with van der Waals surface area (Å²) in [7, 11) is 1.58. The van der Waals surface area contributed by atoms with Crippen LogP contribution >= 0.6 is 11.8 Å². The van der Waals surface area contributed by atoms with Gasteiger partial charge in [0, 0.05) is 29.6 Å². The molecule has 4 rings (SSSR count). The van der Waals surface area contributed by atoms with Crippen molar-refractivity contribution in [3.63, 3.8) is 0 Å². The number of benzene rings is 2. The van der Waals surface area contributed by atoms with Crippen LogP contribution in [-0.2, 0) is 16.0 Å². The lowest BCUT2D eigenvalue weighted by Gasteiger charge is -2.20. The van der Waals surface area contributed by atoms with E-state index in [9.17, 15) is 9.59 Å². The fourth-order valence-electron chi connectivity index (χ4n) is 3.43. The van der Waals surface area contributed by atoms with Crippen LogP contribution in [0.15, 0.2) is 47.4 Å². The number of fused-ring (bicyclic) bond motifs is 1. The van der Waals surface area contributed by atoms with Crippen molar-refractivity contribution < 1.29 is 14.3 Å². The Hall–Kier alpha value is -2.47. The van der Waals surface area contributed by atoms with Gasteiger partial charge in [0.05, 0.1) is 18.0 Å². The molecule has 0 bridgehead atoms. The fraction of sp³-hybridized carbons (Fsp3) is 0.300. The van der Waals surface area contributed by atoms with Gasteiger partial charge in [-0.05, 0) is 36.6 Å². The number of thioether (sulfide) groups is 1. The number of anilines is 2. The van der Waals surface area contributed by atoms with E-state index in [0.717, 1.165) is 18.5 Å². The van der Waals surface area contributed by atoms with Crippen LogP contribution in [0.4, 0.5) is 11.4 Å². The van der Waals surface area contributed by atoms with Crippen molar-refractivity contribution in [1.29, 1.82) is 0 Å². The number of nitrogens with zero attached hydrogens (tertiary/aromatic N) is 1. The molecule has 2 aromatic rings. The predicted octanol–water partition coefficient (Wildman–Crippen LogP) is 3.48. The lowest BCUT2D eigenvalue weighted by atomic mass is 10.1. The highest BCUT2D eigenvalue weighted by Crippen LogP contribution is 2.38. The van der Waals surface area contributed by atoms with E-state index in [1.54, 1.807) is 29.8 Å². The van der Waals surface area contributed by atoms with E-state index in [4.69, 9.17) is 4.74 Å². The van der Waals surface area contributed by atoms with Crippen LogP contribution in [0.1, 0.15) is 18.4 Å². The highest BCUT2D eigenvalue weighted by Gasteiger charge is 2.29. The van der Waals surface area contributed by atoms with Crippen molar-refractivity contribution in [2.75, 3.05) is 23.9 Å². The van der Waals surface area contributed by atoms with E-state index < -0.39 is 0 Å². The third kappa shape index (κ3) is 3.17. The zero-order chi connectivity index (χ0) is 18.1. The molecule has 134 valence electrons. The Morgan fingerprint density at radius 3 is 2.85 bits per heavy atom. The summed E-state index contributed by atoms with van der Waals surface area (Å²) in [6.07, 6.45) is 2.17. The van der Waals surface area contributed by atoms with Crippen molar-refractivity contribution in [2.24, 2.45) is 0 Å². The SMILES string of the molecule is COc1cc(NC(=O)C2Cc3ccccc3S2)ccc1N1CCCC1=O. The van der Waals surface area contributed by atoms with Crippen LogP contribution < -0.4 is 15.0 Å². The maximum atomic E-state index is 12.6. The molecule has 0 aromatic heterocycles. The molecular formula is C20H20N2O3S. The van der Waals surface area contributed by atoms with E-state index >= 15 is 0 Å². The Kier molecular flexibility index (Phi) is 4.59. The summed E-state index contributed by atoms with van der Waals surface area (Å²) in [5.74, 6) is 0.693. The van der Waals surface area contributed by atoms with Gasteiger partial charge >= 0.3 is 0 Å². The van der Waals surface area contributed by atoms with Gasteiger partial charge in [-0.1, -0.05) is 18.2 Å². The van der Waals surface area contributed by atoms with Gasteiger partial charge < -0.3 is 15.0 Å². The second-order valence-corrected chi connectivity index (χ2v) is 7.69. The number of methoxy groups -OCH3 is 1. The second kappa shape index (κ2) is 7.03. The lowest BCUT2D eigenvalue weighted by Crippen LogP contribution is -2.25. The number of nitrogens with one attached hydrogen (secondary N) is 1. The lowest BCUT2D eigenvalue weighted by molar-refractivity contribution is -0.117. The van der Waals surface area contributed by atoms with E-state index in [1.807, 2.05) is 24.3 Å². The summed E-state index contributed by atoms with van der Waals surface area (Å²) < 4.78 is 5.45. The number of amides is 2. The molecule has 2 amide bonds. The first-order valence-electron chi connectivity index (χ1n) is 8.69. The van der Waals surface area contributed by atoms with Gasteiger partial charge in [0.25, 0.3) is 0 Å². The third-order valence-corrected chi connectivity index (χ3v) is 6.07. The minimum Gasteiger partial charge on any atom is -0.494 e. The number of carbonyl (C=O) groups is 2. The average molecular weight is 368 g/mol. The largest absolute Gasteiger partial charge is 0.494 e. The highest BCUT2D eigenvalue weighted by molar-refractivity contribution is 8.01. The van der Waals surface area contributed by atoms with Crippen LogP contribution in [0, 0.1) is 0 Å². The van der Waals surface area contributed by atoms with Gasteiger partial charge in [0.2, 0.25) is 11.8 Å². The monoisotopic (exact) mass is 368 g/mol. The quantitative estimate of drug-likeness (QED) is 0.898. The third-order valence-electron chi connectivity index (χ3n) is 4.75. The number of hydrogen-bond donors (Lipinski definition) is 1. The standard InChI is InChI=1S/C20H20N2O3S/c1-25-16-12-14(8-9-15(16)22-10-4-7-19(22)23)21-20(24)18-11-13-5-2-3-6-17(13)26-18/h2-3,5-6,8-9,12,18H,4,7,10-11H2,1H3,(H,21,24). The summed E-state index contributed by atoms with van der Waals surface area (Å²) in [4.78, 5) is 27.5. The minimum absolute atomic E-state index is 0.0155. The molecule has 0 spiro atoms. The summed E-state index contributed by atoms with van der Waals surface area (Å²) in [6, 6.07) is 13.6. The topological polar surface area (TPSA) is 58.6 Å². The van der Waals surface area contributed by atoms with Crippen molar-refractivity contribution in [3.8, 4) is 5.75 Å². The first-order chi connectivity index (χ1) is 12.7. The molecule has 1 fully saturated rings. The molecule has 2 aliphatic rings. The fourth-order valence-corrected chi connectivity index (χ4v) is 4.63. The van der Waals surface area contributed by atoms with E-state index in [2.05, 4.69) is 17.4 Å². The Morgan fingerprint density at radius 2 is 2.12 bits per heavy atom. The first-order valence-corrected chi connectivity index (χ1v) is 9.57. The molecule has 2 aromatic carbocycles. The van der Waals surface area contributed by atoms with Gasteiger partial charge in [-0.2, -0.15) is 0 Å². The summed E-state index contributed by atoms with van der Waals surface area (Å²) in [5.41, 5.74) is 2.66. The van der Waals surface area contributed by atoms with E-state index in [-0.39, 0.29) is 17.1 Å². The number of ether oxygens (including phenoxy) is 1. The molecule has 1 atom stereocenters. The Bertz CT molecular complexity index is 843. The molecule has 6 heteroatoms. The molecule has 2 aliphatic heterocycles. The molecule has 0 aliphatic carbocycles. The molecule has 5 nitrogen and oxygen atoms in total. The highest BCUT2D eigenvalue weighted by atomic mass is 32.2. The van der Waals surface area contributed by atoms with Crippen LogP contribution in [-0.4, -0.2) is 30.7 Å². The predicted molar refractivity (Wildman–Crippen MR) is 103 cm³/mol. The van der Waals surface area contributed by atoms with E-state index in [0.29, 0.717) is 24.4 Å². The Labute approximate surface area is 156 Å². The number of hydrogen-bond acceptors (Lipinski definition) is 4. The Balaban J connectivity index is 1.48. The van der Waals surface area contributed by atoms with Crippen LogP contribution in [0.25, 0.3) is 0 Å². The summed E-state index contributed by atoms with van der Waals surface area (Å²) in [6.45, 7) is 0.706. The zero-order valence-corrected chi connectivity index (χ0v) is 15.3. The molecular weight excluding hydrogens is 348 g/mol. The second-order valence-electron chi connectivity index (χ2n) is 6.44. The molecule has 2 heterocycles. The average Bonchev–Trinajstić information content (AvgIpc) is 3.27. The first kappa shape index (κ1) is 17.0. The van der Waals surface area contributed by atoms with Gasteiger partial charge in [-0.15, -0.1) is 11.8 Å². The maximum absolute atomic E-state index is 12.6. The van der Waals surface area contributed by atoms with Crippen molar-refractivity contribution >= 4 is 35.0 Å². The smallest absolute Gasteiger partial charge is 0.238 e. The van der Waals surface area contributed by atoms with Crippen molar-refractivity contribution in [3.05, 3.63) is 48.0 Å². The number of carbonyl (C=O) groups excluding carboxylic acids is 2. The van der Waals surface area contributed by atoms with Gasteiger partial charge in [-0.3, -0.25) is 9.59 Å². The van der Waals surface area contributed by atoms with Crippen LogP contribution in [0.2, 0.25) is 0 Å². The van der Waals surface area contributed by atoms with Crippen LogP contribution in [0.3, 0.4) is 0 Å². The van der Waals surface area contributed by atoms with E-state index in [1.165, 1.54) is 10.5 Å². The maximum Gasteiger partial charge on any atom is 0.238 e. The normalized spacial score (nSPS) is 18.7. The van der Waals surface area contributed by atoms with Crippen LogP contribution in [0.5, 0.6) is 5.75 Å². The van der Waals surface area contributed by atoms with Crippen molar-refractivity contribution in [1.82, 2.24) is 0 Å². The Morgan fingerprint density at radius 1 is 1.27 bits per heavy atom. The summed E-state index contributed by atoms with van der Waals surface area (Å²) in [5, 5.41) is 2.85. The zero-order valence-electron chi connectivity index (χ0n) is 14.5. The molecule has 1 saturated heterocycles. The van der Waals surface area contributed by atoms with Gasteiger partial charge in [0.15, 0.2) is 0 Å². The van der Waals surface area contributed by atoms with Gasteiger partial charge in [0.1, 0.15) is 5.75 Å². The number of rotatable bonds is 4. The molecule has 0 radical (unpaired) electrons. The summed E-state index contributed by atoms with van der Waals surface area (Å²) >= 11 is 1.60. The van der Waals surface area contributed by atoms with Gasteiger partial charge in [-0.25, -0.2) is 0 Å². The molecule has 0 saturated carbocycles. The molecule has 1 N–H and O–H groups in total. The molecule has 1 unspecified atom stereocenters.